The summed E-state index contributed by atoms with van der Waals surface area (Å²) in [5.41, 5.74) is 0.348. The Kier molecular flexibility index (Phi) is 5.04. The highest BCUT2D eigenvalue weighted by Crippen LogP contribution is 2.45. The molecule has 3 fully saturated rings. The summed E-state index contributed by atoms with van der Waals surface area (Å²) in [5.74, 6) is -0.157. The summed E-state index contributed by atoms with van der Waals surface area (Å²) in [6, 6.07) is 0. The normalized spacial score (nSPS) is 26.3. The summed E-state index contributed by atoms with van der Waals surface area (Å²) < 4.78 is 0. The minimum absolute atomic E-state index is 0.0411. The predicted octanol–water partition coefficient (Wildman–Crippen LogP) is 0.964. The lowest BCUT2D eigenvalue weighted by Gasteiger charge is -2.32. The molecule has 4 rings (SSSR count). The van der Waals surface area contributed by atoms with Crippen molar-refractivity contribution in [1.29, 1.82) is 0 Å². The van der Waals surface area contributed by atoms with E-state index in [0.717, 1.165) is 31.6 Å². The van der Waals surface area contributed by atoms with Crippen LogP contribution in [-0.4, -0.2) is 81.7 Å². The molecular formula is C21H29N5O3. The molecule has 2 atom stereocenters. The lowest BCUT2D eigenvalue weighted by atomic mass is 9.79. The number of carbonyl (C=O) groups is 3. The Bertz CT molecular complexity index is 818. The predicted molar refractivity (Wildman–Crippen MR) is 106 cm³/mol. The number of hydrogen-bond acceptors (Lipinski definition) is 5. The van der Waals surface area contributed by atoms with E-state index in [2.05, 4.69) is 9.97 Å². The van der Waals surface area contributed by atoms with Crippen molar-refractivity contribution >= 4 is 17.7 Å². The quantitative estimate of drug-likeness (QED) is 0.756. The molecule has 29 heavy (non-hydrogen) atoms. The van der Waals surface area contributed by atoms with Crippen LogP contribution in [0.1, 0.15) is 42.9 Å². The van der Waals surface area contributed by atoms with Gasteiger partial charge in [0, 0.05) is 57.3 Å². The summed E-state index contributed by atoms with van der Waals surface area (Å²) in [6.45, 7) is 8.86. The van der Waals surface area contributed by atoms with Crippen molar-refractivity contribution in [2.45, 2.75) is 33.6 Å². The monoisotopic (exact) mass is 399 g/mol. The van der Waals surface area contributed by atoms with E-state index in [1.807, 2.05) is 30.6 Å². The van der Waals surface area contributed by atoms with E-state index in [9.17, 15) is 14.4 Å². The van der Waals surface area contributed by atoms with E-state index in [0.29, 0.717) is 31.9 Å². The molecule has 156 valence electrons. The second-order valence-corrected chi connectivity index (χ2v) is 8.95. The van der Waals surface area contributed by atoms with Crippen molar-refractivity contribution in [3.63, 3.8) is 0 Å². The van der Waals surface area contributed by atoms with Crippen LogP contribution in [0.15, 0.2) is 12.4 Å². The van der Waals surface area contributed by atoms with Crippen LogP contribution < -0.4 is 0 Å². The van der Waals surface area contributed by atoms with Gasteiger partial charge in [0.25, 0.3) is 5.91 Å². The van der Waals surface area contributed by atoms with Gasteiger partial charge in [0.15, 0.2) is 0 Å². The van der Waals surface area contributed by atoms with Gasteiger partial charge in [0.2, 0.25) is 11.8 Å². The maximum absolute atomic E-state index is 13.6. The van der Waals surface area contributed by atoms with E-state index in [4.69, 9.17) is 0 Å². The second kappa shape index (κ2) is 7.39. The SMILES string of the molecule is Cc1cnc(C(=O)N2C[C@@H]3CN(C(=O)C(C)C)C[C@]3(C(=O)N3CCCC3)C2)cn1. The molecule has 0 radical (unpaired) electrons. The smallest absolute Gasteiger partial charge is 0.274 e. The number of fused-ring (bicyclic) bond motifs is 1. The van der Waals surface area contributed by atoms with Crippen LogP contribution in [0.2, 0.25) is 0 Å². The van der Waals surface area contributed by atoms with Gasteiger partial charge in [-0.2, -0.15) is 0 Å². The van der Waals surface area contributed by atoms with Gasteiger partial charge in [0.1, 0.15) is 5.69 Å². The summed E-state index contributed by atoms with van der Waals surface area (Å²) >= 11 is 0. The lowest BCUT2D eigenvalue weighted by molar-refractivity contribution is -0.141. The Labute approximate surface area is 171 Å². The summed E-state index contributed by atoms with van der Waals surface area (Å²) in [6.07, 6.45) is 5.11. The van der Waals surface area contributed by atoms with Crippen molar-refractivity contribution in [2.75, 3.05) is 39.3 Å². The van der Waals surface area contributed by atoms with Crippen molar-refractivity contribution in [1.82, 2.24) is 24.7 Å². The van der Waals surface area contributed by atoms with Crippen LogP contribution in [0, 0.1) is 24.2 Å². The molecule has 0 bridgehead atoms. The largest absolute Gasteiger partial charge is 0.342 e. The molecule has 0 saturated carbocycles. The van der Waals surface area contributed by atoms with Gasteiger partial charge in [-0.05, 0) is 19.8 Å². The molecule has 4 heterocycles. The van der Waals surface area contributed by atoms with Crippen LogP contribution >= 0.6 is 0 Å². The number of amides is 3. The minimum Gasteiger partial charge on any atom is -0.342 e. The molecular weight excluding hydrogens is 370 g/mol. The van der Waals surface area contributed by atoms with Gasteiger partial charge in [-0.15, -0.1) is 0 Å². The fourth-order valence-electron chi connectivity index (χ4n) is 4.96. The van der Waals surface area contributed by atoms with Gasteiger partial charge in [-0.25, -0.2) is 4.98 Å². The van der Waals surface area contributed by atoms with E-state index in [1.54, 1.807) is 11.1 Å². The highest BCUT2D eigenvalue weighted by atomic mass is 16.2. The molecule has 0 unspecified atom stereocenters. The van der Waals surface area contributed by atoms with Crippen LogP contribution in [0.3, 0.4) is 0 Å². The topological polar surface area (TPSA) is 86.7 Å². The molecule has 3 saturated heterocycles. The zero-order chi connectivity index (χ0) is 20.8. The second-order valence-electron chi connectivity index (χ2n) is 8.95. The Hall–Kier alpha value is -2.51. The summed E-state index contributed by atoms with van der Waals surface area (Å²) in [7, 11) is 0. The highest BCUT2D eigenvalue weighted by Gasteiger charge is 2.60. The third-order valence-corrected chi connectivity index (χ3v) is 6.52. The fourth-order valence-corrected chi connectivity index (χ4v) is 4.96. The molecule has 0 aromatic carbocycles. The van der Waals surface area contributed by atoms with Crippen LogP contribution in [0.4, 0.5) is 0 Å². The van der Waals surface area contributed by atoms with E-state index in [1.165, 1.54) is 6.20 Å². The van der Waals surface area contributed by atoms with E-state index >= 15 is 0 Å². The van der Waals surface area contributed by atoms with Gasteiger partial charge in [-0.3, -0.25) is 19.4 Å². The number of hydrogen-bond donors (Lipinski definition) is 0. The van der Waals surface area contributed by atoms with Crippen LogP contribution in [-0.2, 0) is 9.59 Å². The Morgan fingerprint density at radius 3 is 2.28 bits per heavy atom. The van der Waals surface area contributed by atoms with Crippen LogP contribution in [0.25, 0.3) is 0 Å². The average Bonchev–Trinajstić information content (AvgIpc) is 3.41. The number of aryl methyl sites for hydroxylation is 1. The van der Waals surface area contributed by atoms with Crippen LogP contribution in [0.5, 0.6) is 0 Å². The number of rotatable bonds is 3. The molecule has 1 aromatic rings. The number of likely N-dealkylation sites (tertiary alicyclic amines) is 3. The Morgan fingerprint density at radius 1 is 1.00 bits per heavy atom. The first-order valence-electron chi connectivity index (χ1n) is 10.5. The lowest BCUT2D eigenvalue weighted by Crippen LogP contribution is -2.49. The fraction of sp³-hybridized carbons (Fsp3) is 0.667. The summed E-state index contributed by atoms with van der Waals surface area (Å²) in [4.78, 5) is 53.1. The Balaban J connectivity index is 1.59. The number of nitrogens with zero attached hydrogens (tertiary/aromatic N) is 5. The van der Waals surface area contributed by atoms with Crippen molar-refractivity contribution in [3.05, 3.63) is 23.8 Å². The maximum Gasteiger partial charge on any atom is 0.274 e. The van der Waals surface area contributed by atoms with Gasteiger partial charge in [0.05, 0.1) is 17.3 Å². The molecule has 1 aromatic heterocycles. The minimum atomic E-state index is -0.706. The first-order chi connectivity index (χ1) is 13.8. The molecule has 8 nitrogen and oxygen atoms in total. The van der Waals surface area contributed by atoms with Crippen molar-refractivity contribution in [2.24, 2.45) is 17.3 Å². The molecule has 3 amide bonds. The first-order valence-corrected chi connectivity index (χ1v) is 10.5. The van der Waals surface area contributed by atoms with Gasteiger partial charge < -0.3 is 14.7 Å². The third kappa shape index (κ3) is 3.38. The third-order valence-electron chi connectivity index (χ3n) is 6.52. The van der Waals surface area contributed by atoms with Crippen molar-refractivity contribution < 1.29 is 14.4 Å². The highest BCUT2D eigenvalue weighted by molar-refractivity contribution is 5.94. The molecule has 3 aliphatic heterocycles. The summed E-state index contributed by atoms with van der Waals surface area (Å²) in [5, 5.41) is 0. The standard InChI is InChI=1S/C21H29N5O3/c1-14(2)18(27)25-10-16-11-26(19(28)17-9-22-15(3)8-23-17)13-21(16,12-25)20(29)24-6-4-5-7-24/h8-9,14,16H,4-7,10-13H2,1-3H3/t16-,21-/m0/s1. The number of carbonyl (C=O) groups excluding carboxylic acids is 3. The Morgan fingerprint density at radius 2 is 1.66 bits per heavy atom. The first kappa shape index (κ1) is 19.8. The molecule has 0 N–H and O–H groups in total. The number of aromatic nitrogens is 2. The zero-order valence-electron chi connectivity index (χ0n) is 17.4. The molecule has 8 heteroatoms. The van der Waals surface area contributed by atoms with E-state index < -0.39 is 5.41 Å². The zero-order valence-corrected chi connectivity index (χ0v) is 17.4. The average molecular weight is 399 g/mol. The van der Waals surface area contributed by atoms with E-state index in [-0.39, 0.29) is 29.6 Å². The molecule has 0 aliphatic carbocycles. The van der Waals surface area contributed by atoms with Gasteiger partial charge >= 0.3 is 0 Å². The maximum atomic E-state index is 13.6. The molecule has 3 aliphatic rings. The van der Waals surface area contributed by atoms with Gasteiger partial charge in [-0.1, -0.05) is 13.8 Å². The molecule has 0 spiro atoms. The van der Waals surface area contributed by atoms with Crippen molar-refractivity contribution in [3.8, 4) is 0 Å².